The molecular formula is C17H16Cl3N3O2. The number of hydrogen-bond acceptors (Lipinski definition) is 3. The second-order valence-corrected chi connectivity index (χ2v) is 6.59. The molecular weight excluding hydrogens is 385 g/mol. The Hall–Kier alpha value is -1.95. The summed E-state index contributed by atoms with van der Waals surface area (Å²) < 4.78 is 5.67. The summed E-state index contributed by atoms with van der Waals surface area (Å²) in [6.45, 7) is 0.249. The summed E-state index contributed by atoms with van der Waals surface area (Å²) in [6.07, 6.45) is 1.46. The fourth-order valence-corrected chi connectivity index (χ4v) is 2.69. The van der Waals surface area contributed by atoms with Crippen LogP contribution >= 0.6 is 34.8 Å². The molecule has 0 spiro atoms. The molecule has 0 saturated heterocycles. The summed E-state index contributed by atoms with van der Waals surface area (Å²) in [4.78, 5) is 13.7. The van der Waals surface area contributed by atoms with Gasteiger partial charge < -0.3 is 9.64 Å². The van der Waals surface area contributed by atoms with Crippen molar-refractivity contribution in [1.82, 2.24) is 10.3 Å². The van der Waals surface area contributed by atoms with Gasteiger partial charge in [-0.2, -0.15) is 5.10 Å². The fourth-order valence-electron chi connectivity index (χ4n) is 1.88. The molecule has 0 bridgehead atoms. The third kappa shape index (κ3) is 5.81. The molecule has 0 unspecified atom stereocenters. The summed E-state index contributed by atoms with van der Waals surface area (Å²) in [5.41, 5.74) is 3.54. The first-order chi connectivity index (χ1) is 11.9. The highest BCUT2D eigenvalue weighted by Crippen LogP contribution is 2.35. The monoisotopic (exact) mass is 399 g/mol. The van der Waals surface area contributed by atoms with Crippen LogP contribution < -0.4 is 10.2 Å². The number of hydrogen-bond donors (Lipinski definition) is 1. The van der Waals surface area contributed by atoms with Gasteiger partial charge in [-0.15, -0.1) is 0 Å². The maximum atomic E-state index is 12.0. The number of halogens is 3. The highest BCUT2D eigenvalue weighted by Gasteiger charge is 2.14. The molecule has 132 valence electrons. The molecule has 8 heteroatoms. The number of carbonyl (C=O) groups excluding carboxylic acids is 1. The van der Waals surface area contributed by atoms with Crippen molar-refractivity contribution in [3.05, 3.63) is 62.6 Å². The van der Waals surface area contributed by atoms with Gasteiger partial charge in [-0.1, -0.05) is 46.9 Å². The van der Waals surface area contributed by atoms with Crippen LogP contribution in [-0.4, -0.2) is 31.2 Å². The molecule has 2 aromatic carbocycles. The van der Waals surface area contributed by atoms with Crippen LogP contribution in [0.15, 0.2) is 41.5 Å². The minimum absolute atomic E-state index is 0.233. The molecule has 0 fully saturated rings. The van der Waals surface area contributed by atoms with Crippen molar-refractivity contribution in [2.24, 2.45) is 5.10 Å². The summed E-state index contributed by atoms with van der Waals surface area (Å²) in [5.74, 6) is -0.125. The Balaban J connectivity index is 2.10. The average molecular weight is 401 g/mol. The van der Waals surface area contributed by atoms with E-state index in [1.807, 2.05) is 12.1 Å². The molecule has 0 radical (unpaired) electrons. The van der Waals surface area contributed by atoms with Crippen molar-refractivity contribution in [1.29, 1.82) is 0 Å². The maximum absolute atomic E-state index is 12.0. The Morgan fingerprint density at radius 2 is 1.88 bits per heavy atom. The van der Waals surface area contributed by atoms with E-state index < -0.39 is 5.91 Å². The minimum Gasteiger partial charge on any atom is -0.486 e. The molecule has 0 aromatic heterocycles. The lowest BCUT2D eigenvalue weighted by molar-refractivity contribution is 0.0954. The third-order valence-corrected chi connectivity index (χ3v) is 3.78. The molecule has 25 heavy (non-hydrogen) atoms. The van der Waals surface area contributed by atoms with Crippen LogP contribution in [0, 0.1) is 0 Å². The number of carbonyl (C=O) groups is 1. The molecule has 2 aromatic rings. The van der Waals surface area contributed by atoms with E-state index in [1.54, 1.807) is 31.1 Å². The van der Waals surface area contributed by atoms with Gasteiger partial charge in [0.05, 0.1) is 10.0 Å². The van der Waals surface area contributed by atoms with Gasteiger partial charge in [0.1, 0.15) is 12.9 Å². The van der Waals surface area contributed by atoms with Gasteiger partial charge in [0.2, 0.25) is 0 Å². The largest absolute Gasteiger partial charge is 0.486 e. The highest BCUT2D eigenvalue weighted by molar-refractivity contribution is 6.37. The summed E-state index contributed by atoms with van der Waals surface area (Å²) >= 11 is 18.3. The minimum atomic E-state index is -0.428. The molecule has 0 aliphatic heterocycles. The molecule has 1 N–H and O–H groups in total. The Morgan fingerprint density at radius 3 is 2.48 bits per heavy atom. The van der Waals surface area contributed by atoms with Crippen LogP contribution in [0.4, 0.5) is 0 Å². The SMILES string of the molecule is CN(C)/C=N\NC(=O)c1cc(Cl)c(OCc2cccc(Cl)c2)c(Cl)c1. The zero-order valence-electron chi connectivity index (χ0n) is 13.6. The predicted octanol–water partition coefficient (Wildman–Crippen LogP) is 4.46. The lowest BCUT2D eigenvalue weighted by Gasteiger charge is -2.12. The lowest BCUT2D eigenvalue weighted by atomic mass is 10.2. The molecule has 1 amide bonds. The van der Waals surface area contributed by atoms with Gasteiger partial charge in [0.15, 0.2) is 5.75 Å². The van der Waals surface area contributed by atoms with Gasteiger partial charge in [-0.25, -0.2) is 5.43 Å². The van der Waals surface area contributed by atoms with Crippen LogP contribution in [0.25, 0.3) is 0 Å². The van der Waals surface area contributed by atoms with Crippen LogP contribution in [-0.2, 0) is 6.61 Å². The average Bonchev–Trinajstić information content (AvgIpc) is 2.53. The molecule has 0 aliphatic carbocycles. The number of ether oxygens (including phenoxy) is 1. The van der Waals surface area contributed by atoms with E-state index in [1.165, 1.54) is 18.5 Å². The number of hydrazone groups is 1. The molecule has 5 nitrogen and oxygen atoms in total. The smallest absolute Gasteiger partial charge is 0.271 e. The Morgan fingerprint density at radius 1 is 1.20 bits per heavy atom. The van der Waals surface area contributed by atoms with Gasteiger partial charge in [-0.3, -0.25) is 4.79 Å². The first-order valence-corrected chi connectivity index (χ1v) is 8.36. The number of rotatable bonds is 6. The Labute approximate surface area is 161 Å². The lowest BCUT2D eigenvalue weighted by Crippen LogP contribution is -2.20. The van der Waals surface area contributed by atoms with Crippen molar-refractivity contribution in [3.8, 4) is 5.75 Å². The van der Waals surface area contributed by atoms with Crippen LogP contribution in [0.3, 0.4) is 0 Å². The van der Waals surface area contributed by atoms with E-state index >= 15 is 0 Å². The predicted molar refractivity (Wildman–Crippen MR) is 102 cm³/mol. The van der Waals surface area contributed by atoms with Crippen LogP contribution in [0.2, 0.25) is 15.1 Å². The zero-order chi connectivity index (χ0) is 18.4. The van der Waals surface area contributed by atoms with Crippen LogP contribution in [0.1, 0.15) is 15.9 Å². The van der Waals surface area contributed by atoms with Gasteiger partial charge in [0, 0.05) is 24.7 Å². The molecule has 0 aliphatic rings. The van der Waals surface area contributed by atoms with Crippen molar-refractivity contribution < 1.29 is 9.53 Å². The van der Waals surface area contributed by atoms with Crippen molar-refractivity contribution >= 4 is 47.0 Å². The third-order valence-electron chi connectivity index (χ3n) is 2.99. The number of benzene rings is 2. The van der Waals surface area contributed by atoms with E-state index in [9.17, 15) is 4.79 Å². The topological polar surface area (TPSA) is 53.9 Å². The Kier molecular flexibility index (Phi) is 6.93. The first kappa shape index (κ1) is 19.4. The van der Waals surface area contributed by atoms with Crippen molar-refractivity contribution in [3.63, 3.8) is 0 Å². The molecule has 0 heterocycles. The summed E-state index contributed by atoms with van der Waals surface area (Å²) in [5, 5.41) is 4.86. The zero-order valence-corrected chi connectivity index (χ0v) is 15.9. The van der Waals surface area contributed by atoms with E-state index in [4.69, 9.17) is 39.5 Å². The maximum Gasteiger partial charge on any atom is 0.271 e. The standard InChI is InChI=1S/C17H16Cl3N3O2/c1-23(2)10-21-22-17(24)12-7-14(19)16(15(20)8-12)25-9-11-4-3-5-13(18)6-11/h3-8,10H,9H2,1-2H3,(H,22,24)/b21-10-. The van der Waals surface area contributed by atoms with E-state index in [0.29, 0.717) is 10.8 Å². The highest BCUT2D eigenvalue weighted by atomic mass is 35.5. The fraction of sp³-hybridized carbons (Fsp3) is 0.176. The van der Waals surface area contributed by atoms with Crippen molar-refractivity contribution in [2.75, 3.05) is 14.1 Å². The second kappa shape index (κ2) is 8.94. The molecule has 2 rings (SSSR count). The Bertz CT molecular complexity index is 771. The van der Waals surface area contributed by atoms with Gasteiger partial charge in [0.25, 0.3) is 5.91 Å². The van der Waals surface area contributed by atoms with Crippen molar-refractivity contribution in [2.45, 2.75) is 6.61 Å². The normalized spacial score (nSPS) is 10.8. The van der Waals surface area contributed by atoms with E-state index in [-0.39, 0.29) is 22.2 Å². The van der Waals surface area contributed by atoms with Gasteiger partial charge in [-0.05, 0) is 29.8 Å². The quantitative estimate of drug-likeness (QED) is 0.442. The molecule has 0 saturated carbocycles. The number of nitrogens with one attached hydrogen (secondary N) is 1. The number of amides is 1. The van der Waals surface area contributed by atoms with E-state index in [0.717, 1.165) is 5.56 Å². The number of nitrogens with zero attached hydrogens (tertiary/aromatic N) is 2. The molecule has 0 atom stereocenters. The second-order valence-electron chi connectivity index (χ2n) is 5.34. The summed E-state index contributed by atoms with van der Waals surface area (Å²) in [7, 11) is 3.57. The summed E-state index contributed by atoms with van der Waals surface area (Å²) in [6, 6.07) is 10.2. The van der Waals surface area contributed by atoms with Crippen LogP contribution in [0.5, 0.6) is 5.75 Å². The first-order valence-electron chi connectivity index (χ1n) is 7.23. The van der Waals surface area contributed by atoms with E-state index in [2.05, 4.69) is 10.5 Å². The van der Waals surface area contributed by atoms with Gasteiger partial charge >= 0.3 is 0 Å².